The van der Waals surface area contributed by atoms with Gasteiger partial charge in [0.2, 0.25) is 23.6 Å². The van der Waals surface area contributed by atoms with Crippen molar-refractivity contribution in [2.45, 2.75) is 134 Å². The van der Waals surface area contributed by atoms with Crippen molar-refractivity contribution in [3.05, 3.63) is 124 Å². The summed E-state index contributed by atoms with van der Waals surface area (Å²) in [5.74, 6) is -1.18. The Hall–Kier alpha value is -7.62. The number of ether oxygens (including phenoxy) is 4. The molecule has 82 heavy (non-hydrogen) atoms. The molecule has 0 aromatic heterocycles. The number of primary amides is 1. The van der Waals surface area contributed by atoms with E-state index in [0.29, 0.717) is 83.0 Å². The molecule has 4 aliphatic heterocycles. The molecule has 5 aromatic carbocycles. The van der Waals surface area contributed by atoms with Crippen LogP contribution in [0.5, 0.6) is 23.0 Å². The summed E-state index contributed by atoms with van der Waals surface area (Å²) in [6.07, 6.45) is 1.78. The van der Waals surface area contributed by atoms with E-state index in [0.717, 1.165) is 28.9 Å². The molecule has 0 bridgehead atoms. The predicted octanol–water partition coefficient (Wildman–Crippen LogP) is 8.35. The van der Waals surface area contributed by atoms with Gasteiger partial charge in [-0.2, -0.15) is 0 Å². The molecule has 21 heteroatoms. The van der Waals surface area contributed by atoms with Crippen LogP contribution in [0, 0.1) is 5.92 Å². The summed E-state index contributed by atoms with van der Waals surface area (Å²) in [5.41, 5.74) is 12.3. The summed E-state index contributed by atoms with van der Waals surface area (Å²) in [7, 11) is 6.27. The number of nitrogens with two attached hydrogens (primary N) is 1. The number of benzene rings is 5. The fourth-order valence-electron chi connectivity index (χ4n) is 10.6. The van der Waals surface area contributed by atoms with E-state index in [1.165, 1.54) is 14.2 Å². The molecular formula is C61H72N8O11S2. The number of amides is 6. The van der Waals surface area contributed by atoms with Crippen molar-refractivity contribution in [2.24, 2.45) is 11.7 Å². The second kappa shape index (κ2) is 25.3. The number of carbonyl (C=O) groups excluding carboxylic acids is 6. The Kier molecular flexibility index (Phi) is 18.2. The third kappa shape index (κ3) is 13.3. The fraction of sp³-hybridized carbons (Fsp3) is 0.410. The minimum atomic E-state index is -1.10. The lowest BCUT2D eigenvalue weighted by Gasteiger charge is -2.26. The Morgan fingerprint density at radius 3 is 1.95 bits per heavy atom. The van der Waals surface area contributed by atoms with Crippen LogP contribution in [-0.4, -0.2) is 102 Å². The van der Waals surface area contributed by atoms with Gasteiger partial charge in [0.25, 0.3) is 11.8 Å². The number of hydrogen-bond acceptors (Lipinski definition) is 15. The van der Waals surface area contributed by atoms with E-state index in [1.807, 2.05) is 94.1 Å². The van der Waals surface area contributed by atoms with Crippen molar-refractivity contribution in [1.82, 2.24) is 10.6 Å². The second-order valence-electron chi connectivity index (χ2n) is 22.2. The van der Waals surface area contributed by atoms with Crippen molar-refractivity contribution in [3.8, 4) is 23.0 Å². The van der Waals surface area contributed by atoms with Crippen molar-refractivity contribution >= 4 is 85.5 Å². The molecule has 4 heterocycles. The summed E-state index contributed by atoms with van der Waals surface area (Å²) in [5, 5.41) is 26.9. The van der Waals surface area contributed by atoms with Gasteiger partial charge in [-0.25, -0.2) is 0 Å². The fourth-order valence-corrected chi connectivity index (χ4v) is 13.3. The van der Waals surface area contributed by atoms with E-state index in [-0.39, 0.29) is 76.7 Å². The number of para-hydroxylation sites is 2. The molecular weight excluding hydrogens is 1080 g/mol. The zero-order chi connectivity index (χ0) is 58.6. The van der Waals surface area contributed by atoms with Gasteiger partial charge in [-0.05, 0) is 117 Å². The number of hydrogen-bond donors (Lipinski definition) is 7. The molecule has 9 rings (SSSR count). The van der Waals surface area contributed by atoms with Gasteiger partial charge < -0.3 is 66.2 Å². The predicted molar refractivity (Wildman–Crippen MR) is 320 cm³/mol. The quantitative estimate of drug-likeness (QED) is 0.0304. The molecule has 2 unspecified atom stereocenters. The minimum absolute atomic E-state index is 0.0261. The molecule has 8 N–H and O–H groups in total. The highest BCUT2D eigenvalue weighted by Crippen LogP contribution is 2.45. The van der Waals surface area contributed by atoms with Crippen molar-refractivity contribution in [2.75, 3.05) is 46.5 Å². The Labute approximate surface area is 485 Å². The monoisotopic (exact) mass is 1160 g/mol. The third-order valence-corrected chi connectivity index (χ3v) is 19.0. The first-order chi connectivity index (χ1) is 39.2. The summed E-state index contributed by atoms with van der Waals surface area (Å²) in [6.45, 7) is 11.7. The maximum Gasteiger partial charge on any atom is 0.260 e. The van der Waals surface area contributed by atoms with Gasteiger partial charge in [0.1, 0.15) is 31.5 Å². The first-order valence-corrected chi connectivity index (χ1v) is 29.8. The van der Waals surface area contributed by atoms with Crippen LogP contribution in [0.25, 0.3) is 0 Å². The normalized spacial score (nSPS) is 17.9. The van der Waals surface area contributed by atoms with Crippen LogP contribution < -0.4 is 61.1 Å². The first kappa shape index (κ1) is 59.0. The molecule has 434 valence electrons. The molecule has 0 saturated heterocycles. The van der Waals surface area contributed by atoms with Crippen molar-refractivity contribution in [3.63, 3.8) is 0 Å². The summed E-state index contributed by atoms with van der Waals surface area (Å²) in [4.78, 5) is 84.3. The number of fused-ring (bicyclic) bond motifs is 8. The molecule has 0 spiro atoms. The average Bonchev–Trinajstić information content (AvgIpc) is 3.81. The first-order valence-electron chi connectivity index (χ1n) is 27.6. The highest BCUT2D eigenvalue weighted by atomic mass is 33.1. The van der Waals surface area contributed by atoms with E-state index in [1.54, 1.807) is 69.8 Å². The molecule has 6 amide bonds. The number of aliphatic hydroxyl groups is 1. The molecule has 4 aliphatic rings. The Bertz CT molecular complexity index is 3270. The summed E-state index contributed by atoms with van der Waals surface area (Å²) >= 11 is 0. The Morgan fingerprint density at radius 2 is 1.33 bits per heavy atom. The highest BCUT2D eigenvalue weighted by molar-refractivity contribution is 8.77. The van der Waals surface area contributed by atoms with Crippen LogP contribution in [0.2, 0.25) is 0 Å². The molecule has 19 nitrogen and oxygen atoms in total. The number of carbonyl (C=O) groups is 6. The van der Waals surface area contributed by atoms with Crippen LogP contribution in [0.15, 0.2) is 91.0 Å². The van der Waals surface area contributed by atoms with Crippen LogP contribution in [0.1, 0.15) is 110 Å². The zero-order valence-electron chi connectivity index (χ0n) is 47.4. The number of rotatable bonds is 23. The number of methoxy groups -OCH3 is 2. The topological polar surface area (TPSA) is 252 Å². The van der Waals surface area contributed by atoms with Crippen LogP contribution in [0.3, 0.4) is 0 Å². The van der Waals surface area contributed by atoms with Gasteiger partial charge in [0.05, 0.1) is 48.8 Å². The standard InChI is InChI=1S/C61H72N8O11S2/c1-33(2)55(67-54(71)19-20-61(5,6)82-81-34(3)17-18-53(62)70)58(74)64-35(4)56(72)65-40-22-36(31-79-51-28-44-42(26-49(51)77-7)59(75)68-41(30-63-44)24-38-13-9-11-15-46(38)68)21-37(23-40)32-80-52-29-45-43(27-50(52)78-8)60(76)69-47-16-12-10-14-39(47)25-48(69)57(73)66-45/h9-16,21-23,26-29,33-35,41,48,55,57,63,66,73H,17-20,24-25,30-32H2,1-8H3,(H2,62,70)(H,64,74)(H,65,72)(H,67,71)/t34?,35-,41-,48-,55-,57?/m0/s1. The zero-order valence-corrected chi connectivity index (χ0v) is 49.0. The summed E-state index contributed by atoms with van der Waals surface area (Å²) < 4.78 is 24.3. The number of nitrogens with one attached hydrogen (secondary N) is 5. The molecule has 0 radical (unpaired) electrons. The molecule has 0 aliphatic carbocycles. The van der Waals surface area contributed by atoms with Gasteiger partial charge in [-0.3, -0.25) is 28.8 Å². The SMILES string of the molecule is COc1cc2c(cc1OCc1cc(COc3cc4c(cc3OC)C(=O)N3c5ccccc5C[C@H]3C(O)N4)cc(NC(=O)[C@H](C)NC(=O)[C@@H](NC(=O)CCC(C)(C)SSC(C)CCC(N)=O)C(C)C)c1)NC[C@@H]1Cc3ccccc3N1C2=O. The van der Waals surface area contributed by atoms with Gasteiger partial charge in [-0.1, -0.05) is 78.8 Å². The smallest absolute Gasteiger partial charge is 0.260 e. The van der Waals surface area contributed by atoms with Crippen molar-refractivity contribution in [1.29, 1.82) is 0 Å². The van der Waals surface area contributed by atoms with Crippen LogP contribution in [0.4, 0.5) is 28.4 Å². The Balaban J connectivity index is 0.919. The summed E-state index contributed by atoms with van der Waals surface area (Å²) in [6, 6.07) is 24.9. The lowest BCUT2D eigenvalue weighted by Crippen LogP contribution is -2.53. The van der Waals surface area contributed by atoms with Crippen LogP contribution >= 0.6 is 21.6 Å². The van der Waals surface area contributed by atoms with Gasteiger partial charge in [0.15, 0.2) is 23.0 Å². The van der Waals surface area contributed by atoms with E-state index < -0.39 is 36.2 Å². The average molecular weight is 1160 g/mol. The maximum absolute atomic E-state index is 14.2. The maximum atomic E-state index is 14.2. The third-order valence-electron chi connectivity index (χ3n) is 15.1. The van der Waals surface area contributed by atoms with Gasteiger partial charge in [-0.15, -0.1) is 0 Å². The largest absolute Gasteiger partial charge is 0.493 e. The van der Waals surface area contributed by atoms with E-state index in [2.05, 4.69) is 26.6 Å². The van der Waals surface area contributed by atoms with E-state index in [4.69, 9.17) is 24.7 Å². The highest BCUT2D eigenvalue weighted by Gasteiger charge is 2.43. The molecule has 0 saturated carbocycles. The van der Waals surface area contributed by atoms with Crippen molar-refractivity contribution < 1.29 is 52.8 Å². The number of aliphatic hydroxyl groups excluding tert-OH is 1. The lowest BCUT2D eigenvalue weighted by atomic mass is 10.0. The van der Waals surface area contributed by atoms with Gasteiger partial charge in [0, 0.05) is 58.6 Å². The molecule has 0 fully saturated rings. The number of nitrogens with zero attached hydrogens (tertiary/aromatic N) is 2. The van der Waals surface area contributed by atoms with Crippen LogP contribution in [-0.2, 0) is 45.2 Å². The van der Waals surface area contributed by atoms with E-state index in [9.17, 15) is 33.9 Å². The minimum Gasteiger partial charge on any atom is -0.493 e. The Morgan fingerprint density at radius 1 is 0.744 bits per heavy atom. The molecule has 5 aromatic rings. The lowest BCUT2D eigenvalue weighted by molar-refractivity contribution is -0.131. The number of anilines is 5. The second-order valence-corrected chi connectivity index (χ2v) is 25.5. The van der Waals surface area contributed by atoms with E-state index >= 15 is 0 Å². The molecule has 6 atom stereocenters. The van der Waals surface area contributed by atoms with Gasteiger partial charge >= 0.3 is 0 Å².